The zero-order valence-electron chi connectivity index (χ0n) is 17.1. The minimum absolute atomic E-state index is 0.477. The number of rotatable bonds is 3. The zero-order valence-corrected chi connectivity index (χ0v) is 17.1. The van der Waals surface area contributed by atoms with Crippen molar-refractivity contribution in [3.05, 3.63) is 52.3 Å². The molecule has 0 spiro atoms. The van der Waals surface area contributed by atoms with Gasteiger partial charge in [-0.2, -0.15) is 5.10 Å². The molecule has 1 heterocycles. The second-order valence-corrected chi connectivity index (χ2v) is 7.91. The van der Waals surface area contributed by atoms with Crippen molar-refractivity contribution in [1.29, 1.82) is 0 Å². The quantitative estimate of drug-likeness (QED) is 0.496. The number of nitrogens with one attached hydrogen (secondary N) is 2. The van der Waals surface area contributed by atoms with Gasteiger partial charge in [0.15, 0.2) is 0 Å². The lowest BCUT2D eigenvalue weighted by atomic mass is 10.1. The molecule has 6 heteroatoms. The maximum Gasteiger partial charge on any atom is 0.329 e. The van der Waals surface area contributed by atoms with Gasteiger partial charge in [-0.1, -0.05) is 6.07 Å². The van der Waals surface area contributed by atoms with E-state index in [9.17, 15) is 9.59 Å². The lowest BCUT2D eigenvalue weighted by Crippen LogP contribution is -2.47. The summed E-state index contributed by atoms with van der Waals surface area (Å²) in [6.07, 6.45) is 1.56. The number of hydrazone groups is 1. The lowest BCUT2D eigenvalue weighted by Gasteiger charge is -2.19. The first-order valence-corrected chi connectivity index (χ1v) is 8.91. The molecule has 0 radical (unpaired) electrons. The van der Waals surface area contributed by atoms with Gasteiger partial charge in [-0.25, -0.2) is 5.43 Å². The molecule has 0 aliphatic heterocycles. The van der Waals surface area contributed by atoms with Crippen molar-refractivity contribution < 1.29 is 9.59 Å². The van der Waals surface area contributed by atoms with Crippen LogP contribution < -0.4 is 10.7 Å². The molecule has 0 saturated heterocycles. The van der Waals surface area contributed by atoms with E-state index in [4.69, 9.17) is 0 Å². The summed E-state index contributed by atoms with van der Waals surface area (Å²) in [5.74, 6) is -1.50. The van der Waals surface area contributed by atoms with Gasteiger partial charge < -0.3 is 9.88 Å². The Morgan fingerprint density at radius 1 is 0.963 bits per heavy atom. The Morgan fingerprint density at radius 3 is 2.11 bits per heavy atom. The third kappa shape index (κ3) is 5.29. The van der Waals surface area contributed by atoms with Crippen molar-refractivity contribution in [1.82, 2.24) is 15.3 Å². The highest BCUT2D eigenvalue weighted by Crippen LogP contribution is 2.21. The molecule has 6 nitrogen and oxygen atoms in total. The normalized spacial score (nSPS) is 11.7. The van der Waals surface area contributed by atoms with Crippen LogP contribution in [0.4, 0.5) is 0 Å². The minimum atomic E-state index is -0.788. The largest absolute Gasteiger partial charge is 0.343 e. The molecule has 27 heavy (non-hydrogen) atoms. The van der Waals surface area contributed by atoms with Gasteiger partial charge in [0.25, 0.3) is 0 Å². The van der Waals surface area contributed by atoms with Crippen LogP contribution in [0.1, 0.15) is 48.8 Å². The number of aryl methyl sites for hydroxylation is 3. The van der Waals surface area contributed by atoms with E-state index in [1.165, 1.54) is 11.1 Å². The summed E-state index contributed by atoms with van der Waals surface area (Å²) in [7, 11) is 0. The summed E-state index contributed by atoms with van der Waals surface area (Å²) in [5, 5.41) is 6.53. The van der Waals surface area contributed by atoms with Crippen LogP contribution in [0.5, 0.6) is 0 Å². The first-order chi connectivity index (χ1) is 12.5. The van der Waals surface area contributed by atoms with Crippen LogP contribution >= 0.6 is 0 Å². The van der Waals surface area contributed by atoms with Gasteiger partial charge in [0.1, 0.15) is 0 Å². The van der Waals surface area contributed by atoms with Crippen molar-refractivity contribution in [3.8, 4) is 5.69 Å². The van der Waals surface area contributed by atoms with Gasteiger partial charge in [0.05, 0.1) is 6.21 Å². The first-order valence-electron chi connectivity index (χ1n) is 8.91. The van der Waals surface area contributed by atoms with Crippen molar-refractivity contribution in [3.63, 3.8) is 0 Å². The number of nitrogens with zero attached hydrogens (tertiary/aromatic N) is 2. The fourth-order valence-electron chi connectivity index (χ4n) is 3.00. The van der Waals surface area contributed by atoms with E-state index in [0.29, 0.717) is 0 Å². The molecular formula is C21H28N4O2. The Kier molecular flexibility index (Phi) is 5.88. The summed E-state index contributed by atoms with van der Waals surface area (Å²) in [6.45, 7) is 13.6. The van der Waals surface area contributed by atoms with Gasteiger partial charge in [-0.15, -0.1) is 0 Å². The summed E-state index contributed by atoms with van der Waals surface area (Å²) >= 11 is 0. The maximum absolute atomic E-state index is 11.8. The van der Waals surface area contributed by atoms with E-state index in [0.717, 1.165) is 22.6 Å². The minimum Gasteiger partial charge on any atom is -0.343 e. The highest BCUT2D eigenvalue weighted by molar-refractivity contribution is 6.35. The predicted octanol–water partition coefficient (Wildman–Crippen LogP) is 3.08. The first kappa shape index (κ1) is 20.4. The Morgan fingerprint density at radius 2 is 1.56 bits per heavy atom. The molecule has 0 aliphatic rings. The average Bonchev–Trinajstić information content (AvgIpc) is 2.78. The van der Waals surface area contributed by atoms with E-state index in [1.807, 2.05) is 40.7 Å². The molecule has 144 valence electrons. The molecule has 0 fully saturated rings. The summed E-state index contributed by atoms with van der Waals surface area (Å²) in [6, 6.07) is 8.40. The molecule has 2 rings (SSSR count). The highest BCUT2D eigenvalue weighted by Gasteiger charge is 2.19. The fraction of sp³-hybridized carbons (Fsp3) is 0.381. The molecule has 1 aromatic carbocycles. The topological polar surface area (TPSA) is 75.5 Å². The Labute approximate surface area is 160 Å². The van der Waals surface area contributed by atoms with E-state index in [2.05, 4.69) is 52.5 Å². The summed E-state index contributed by atoms with van der Waals surface area (Å²) in [4.78, 5) is 23.6. The van der Waals surface area contributed by atoms with Crippen molar-refractivity contribution in [2.24, 2.45) is 5.10 Å². The smallest absolute Gasteiger partial charge is 0.329 e. The van der Waals surface area contributed by atoms with Crippen LogP contribution in [-0.4, -0.2) is 28.1 Å². The SMILES string of the molecule is Cc1cc(C)cc(-n2c(C)cc(/C=N\NC(=O)C(=O)NC(C)(C)C)c2C)c1. The molecule has 0 atom stereocenters. The van der Waals surface area contributed by atoms with Gasteiger partial charge in [0, 0.05) is 28.2 Å². The molecule has 0 aliphatic carbocycles. The van der Waals surface area contributed by atoms with Crippen LogP contribution in [0.25, 0.3) is 5.69 Å². The molecule has 2 aromatic rings. The van der Waals surface area contributed by atoms with E-state index < -0.39 is 17.4 Å². The number of aromatic nitrogens is 1. The number of amides is 2. The highest BCUT2D eigenvalue weighted by atomic mass is 16.2. The second kappa shape index (κ2) is 7.78. The van der Waals surface area contributed by atoms with Gasteiger partial charge >= 0.3 is 11.8 Å². The van der Waals surface area contributed by atoms with E-state index in [-0.39, 0.29) is 0 Å². The van der Waals surface area contributed by atoms with Crippen LogP contribution in [0, 0.1) is 27.7 Å². The summed E-state index contributed by atoms with van der Waals surface area (Å²) in [5.41, 5.74) is 8.24. The van der Waals surface area contributed by atoms with Crippen molar-refractivity contribution >= 4 is 18.0 Å². The van der Waals surface area contributed by atoms with Crippen LogP contribution in [0.3, 0.4) is 0 Å². The molecule has 0 unspecified atom stereocenters. The molecule has 0 bridgehead atoms. The second-order valence-electron chi connectivity index (χ2n) is 7.91. The van der Waals surface area contributed by atoms with Crippen molar-refractivity contribution in [2.45, 2.75) is 54.0 Å². The van der Waals surface area contributed by atoms with Crippen LogP contribution in [0.15, 0.2) is 29.4 Å². The number of carbonyl (C=O) groups is 2. The number of benzene rings is 1. The maximum atomic E-state index is 11.8. The van der Waals surface area contributed by atoms with Gasteiger partial charge in [-0.05, 0) is 77.8 Å². The van der Waals surface area contributed by atoms with E-state index >= 15 is 0 Å². The molecular weight excluding hydrogens is 340 g/mol. The Balaban J connectivity index is 2.18. The van der Waals surface area contributed by atoms with E-state index in [1.54, 1.807) is 6.21 Å². The van der Waals surface area contributed by atoms with Crippen molar-refractivity contribution in [2.75, 3.05) is 0 Å². The predicted molar refractivity (Wildman–Crippen MR) is 108 cm³/mol. The zero-order chi connectivity index (χ0) is 20.4. The molecule has 1 aromatic heterocycles. The molecule has 2 N–H and O–H groups in total. The number of carbonyl (C=O) groups excluding carboxylic acids is 2. The summed E-state index contributed by atoms with van der Waals surface area (Å²) < 4.78 is 2.15. The number of hydrogen-bond acceptors (Lipinski definition) is 3. The lowest BCUT2D eigenvalue weighted by molar-refractivity contribution is -0.140. The Hall–Kier alpha value is -2.89. The molecule has 2 amide bonds. The monoisotopic (exact) mass is 368 g/mol. The average molecular weight is 368 g/mol. The third-order valence-electron chi connectivity index (χ3n) is 4.00. The third-order valence-corrected chi connectivity index (χ3v) is 4.00. The molecule has 0 saturated carbocycles. The van der Waals surface area contributed by atoms with Gasteiger partial charge in [0.2, 0.25) is 0 Å². The Bertz CT molecular complexity index is 881. The fourth-order valence-corrected chi connectivity index (χ4v) is 3.00. The number of hydrogen-bond donors (Lipinski definition) is 2. The van der Waals surface area contributed by atoms with Crippen LogP contribution in [-0.2, 0) is 9.59 Å². The van der Waals surface area contributed by atoms with Gasteiger partial charge in [-0.3, -0.25) is 9.59 Å². The van der Waals surface area contributed by atoms with Crippen LogP contribution in [0.2, 0.25) is 0 Å². The standard InChI is InChI=1S/C21H28N4O2/c1-13-8-14(2)10-18(9-13)25-15(3)11-17(16(25)4)12-22-24-20(27)19(26)23-21(5,6)7/h8-12H,1-7H3,(H,23,26)(H,24,27)/b22-12-.